The number of aliphatic hydroxyl groups is 1. The summed E-state index contributed by atoms with van der Waals surface area (Å²) in [6, 6.07) is 1.56. The van der Waals surface area contributed by atoms with Crippen LogP contribution in [0, 0.1) is 20.0 Å². The minimum Gasteiger partial charge on any atom is -0.508 e. The zero-order valence-corrected chi connectivity index (χ0v) is 9.33. The molecular formula is C12H17O3. The Morgan fingerprint density at radius 3 is 2.33 bits per heavy atom. The average molecular weight is 209 g/mol. The molecule has 0 aliphatic rings. The Morgan fingerprint density at radius 1 is 1.20 bits per heavy atom. The molecule has 1 aromatic rings. The Labute approximate surface area is 90.0 Å². The highest BCUT2D eigenvalue weighted by atomic mass is 16.3. The Balaban J connectivity index is 2.99. The van der Waals surface area contributed by atoms with Crippen LogP contribution in [-0.2, 0) is 6.42 Å². The van der Waals surface area contributed by atoms with Crippen molar-refractivity contribution in [3.63, 3.8) is 0 Å². The molecule has 0 aliphatic carbocycles. The summed E-state index contributed by atoms with van der Waals surface area (Å²) < 4.78 is 0. The highest BCUT2D eigenvalue weighted by molar-refractivity contribution is 5.51. The maximum absolute atomic E-state index is 9.81. The van der Waals surface area contributed by atoms with E-state index in [4.69, 9.17) is 5.11 Å². The average Bonchev–Trinajstić information content (AvgIpc) is 2.18. The van der Waals surface area contributed by atoms with Crippen LogP contribution in [0.3, 0.4) is 0 Å². The van der Waals surface area contributed by atoms with Crippen LogP contribution in [0.4, 0.5) is 0 Å². The highest BCUT2D eigenvalue weighted by Crippen LogP contribution is 2.32. The first-order chi connectivity index (χ1) is 6.93. The van der Waals surface area contributed by atoms with E-state index in [0.717, 1.165) is 0 Å². The third-order valence-electron chi connectivity index (χ3n) is 2.67. The number of phenols is 2. The van der Waals surface area contributed by atoms with Gasteiger partial charge in [0, 0.05) is 0 Å². The zero-order chi connectivity index (χ0) is 11.6. The van der Waals surface area contributed by atoms with E-state index in [1.54, 1.807) is 26.8 Å². The minimum atomic E-state index is 0.191. The molecule has 1 rings (SSSR count). The number of aromatic hydroxyl groups is 2. The van der Waals surface area contributed by atoms with E-state index in [9.17, 15) is 10.2 Å². The van der Waals surface area contributed by atoms with Crippen molar-refractivity contribution in [3.05, 3.63) is 28.9 Å². The lowest BCUT2D eigenvalue weighted by atomic mass is 9.99. The number of aryl methyl sites for hydroxylation is 1. The van der Waals surface area contributed by atoms with Crippen molar-refractivity contribution >= 4 is 0 Å². The summed E-state index contributed by atoms with van der Waals surface area (Å²) in [6.45, 7) is 5.15. The molecule has 15 heavy (non-hydrogen) atoms. The van der Waals surface area contributed by atoms with Crippen molar-refractivity contribution in [2.45, 2.75) is 33.6 Å². The zero-order valence-electron chi connectivity index (χ0n) is 9.33. The van der Waals surface area contributed by atoms with Crippen LogP contribution in [0.2, 0.25) is 0 Å². The van der Waals surface area contributed by atoms with E-state index < -0.39 is 0 Å². The molecule has 0 aliphatic heterocycles. The Bertz CT molecular complexity index is 356. The standard InChI is InChI=1S/C12H17O3/c1-7(13)4-5-10-6-11(14)8(2)9(3)12(10)15/h6,13-15H,4-5H2,1-3H3. The third kappa shape index (κ3) is 2.63. The van der Waals surface area contributed by atoms with Crippen LogP contribution in [0.1, 0.15) is 30.0 Å². The monoisotopic (exact) mass is 209 g/mol. The van der Waals surface area contributed by atoms with E-state index in [-0.39, 0.29) is 11.5 Å². The summed E-state index contributed by atoms with van der Waals surface area (Å²) >= 11 is 0. The second-order valence-corrected chi connectivity index (χ2v) is 3.89. The molecule has 0 amide bonds. The van der Waals surface area contributed by atoms with Crippen molar-refractivity contribution in [2.75, 3.05) is 0 Å². The van der Waals surface area contributed by atoms with Gasteiger partial charge in [-0.3, -0.25) is 0 Å². The van der Waals surface area contributed by atoms with E-state index in [2.05, 4.69) is 0 Å². The molecule has 0 unspecified atom stereocenters. The fourth-order valence-corrected chi connectivity index (χ4v) is 1.46. The summed E-state index contributed by atoms with van der Waals surface area (Å²) in [4.78, 5) is 0. The predicted octanol–water partition coefficient (Wildman–Crippen LogP) is 2.57. The minimum absolute atomic E-state index is 0.191. The van der Waals surface area contributed by atoms with Crippen LogP contribution < -0.4 is 0 Å². The molecule has 1 aromatic carbocycles. The normalized spacial score (nSPS) is 11.0. The Kier molecular flexibility index (Phi) is 3.58. The molecule has 0 saturated carbocycles. The molecule has 3 heteroatoms. The molecule has 0 fully saturated rings. The smallest absolute Gasteiger partial charge is 0.122 e. The molecule has 0 saturated heterocycles. The van der Waals surface area contributed by atoms with Crippen molar-refractivity contribution in [1.82, 2.24) is 0 Å². The Hall–Kier alpha value is -1.22. The van der Waals surface area contributed by atoms with Crippen LogP contribution in [-0.4, -0.2) is 15.3 Å². The fourth-order valence-electron chi connectivity index (χ4n) is 1.46. The molecule has 0 spiro atoms. The molecule has 3 nitrogen and oxygen atoms in total. The van der Waals surface area contributed by atoms with Gasteiger partial charge in [-0.1, -0.05) is 0 Å². The van der Waals surface area contributed by atoms with Crippen molar-refractivity contribution in [2.24, 2.45) is 0 Å². The molecule has 83 valence electrons. The van der Waals surface area contributed by atoms with Crippen molar-refractivity contribution in [3.8, 4) is 11.5 Å². The molecular weight excluding hydrogens is 192 g/mol. The lowest BCUT2D eigenvalue weighted by molar-refractivity contribution is 0.295. The van der Waals surface area contributed by atoms with Crippen molar-refractivity contribution in [1.29, 1.82) is 0 Å². The fraction of sp³-hybridized carbons (Fsp3) is 0.417. The first kappa shape index (κ1) is 11.9. The quantitative estimate of drug-likeness (QED) is 0.670. The van der Waals surface area contributed by atoms with Gasteiger partial charge >= 0.3 is 0 Å². The number of aliphatic hydroxyl groups excluding tert-OH is 1. The van der Waals surface area contributed by atoms with Gasteiger partial charge in [0.1, 0.15) is 11.5 Å². The van der Waals surface area contributed by atoms with Gasteiger partial charge in [-0.15, -0.1) is 0 Å². The van der Waals surface area contributed by atoms with Gasteiger partial charge in [-0.25, -0.2) is 0 Å². The summed E-state index contributed by atoms with van der Waals surface area (Å²) in [6.07, 6.45) is 1.35. The number of rotatable bonds is 3. The molecule has 3 N–H and O–H groups in total. The van der Waals surface area contributed by atoms with Gasteiger partial charge in [0.15, 0.2) is 0 Å². The van der Waals surface area contributed by atoms with Crippen LogP contribution in [0.5, 0.6) is 11.5 Å². The number of hydrogen-bond donors (Lipinski definition) is 3. The second kappa shape index (κ2) is 4.53. The van der Waals surface area contributed by atoms with Gasteiger partial charge in [-0.2, -0.15) is 0 Å². The van der Waals surface area contributed by atoms with Gasteiger partial charge < -0.3 is 15.3 Å². The molecule has 0 atom stereocenters. The largest absolute Gasteiger partial charge is 0.508 e. The van der Waals surface area contributed by atoms with E-state index >= 15 is 0 Å². The topological polar surface area (TPSA) is 60.7 Å². The first-order valence-electron chi connectivity index (χ1n) is 4.96. The highest BCUT2D eigenvalue weighted by Gasteiger charge is 2.11. The number of hydrogen-bond acceptors (Lipinski definition) is 3. The van der Waals surface area contributed by atoms with E-state index in [1.165, 1.54) is 0 Å². The van der Waals surface area contributed by atoms with Gasteiger partial charge in [-0.05, 0) is 56.4 Å². The summed E-state index contributed by atoms with van der Waals surface area (Å²) in [5, 5.41) is 28.5. The lowest BCUT2D eigenvalue weighted by Crippen LogP contribution is -1.96. The number of phenolic OH excluding ortho intramolecular Hbond substituents is 2. The van der Waals surface area contributed by atoms with E-state index in [1.807, 2.05) is 0 Å². The van der Waals surface area contributed by atoms with Crippen LogP contribution >= 0.6 is 0 Å². The first-order valence-corrected chi connectivity index (χ1v) is 4.96. The summed E-state index contributed by atoms with van der Waals surface area (Å²) in [5.41, 5.74) is 2.06. The molecule has 0 bridgehead atoms. The third-order valence-corrected chi connectivity index (χ3v) is 2.67. The summed E-state index contributed by atoms with van der Waals surface area (Å²) in [7, 11) is 0. The Morgan fingerprint density at radius 2 is 1.80 bits per heavy atom. The second-order valence-electron chi connectivity index (χ2n) is 3.89. The van der Waals surface area contributed by atoms with Crippen LogP contribution in [0.25, 0.3) is 0 Å². The molecule has 0 aromatic heterocycles. The number of benzene rings is 1. The van der Waals surface area contributed by atoms with Crippen LogP contribution in [0.15, 0.2) is 6.07 Å². The van der Waals surface area contributed by atoms with Gasteiger partial charge in [0.2, 0.25) is 0 Å². The van der Waals surface area contributed by atoms with Crippen molar-refractivity contribution < 1.29 is 15.3 Å². The van der Waals surface area contributed by atoms with Gasteiger partial charge in [0.05, 0.1) is 6.10 Å². The lowest BCUT2D eigenvalue weighted by Gasteiger charge is -2.12. The SMILES string of the molecule is C[C](O)CCc1cc(O)c(C)c(C)c1O. The molecule has 0 heterocycles. The maximum Gasteiger partial charge on any atom is 0.122 e. The van der Waals surface area contributed by atoms with E-state index in [0.29, 0.717) is 35.6 Å². The van der Waals surface area contributed by atoms with Gasteiger partial charge in [0.25, 0.3) is 0 Å². The maximum atomic E-state index is 9.81. The predicted molar refractivity (Wildman–Crippen MR) is 58.4 cm³/mol. The summed E-state index contributed by atoms with van der Waals surface area (Å²) in [5.74, 6) is 0.405. The molecule has 1 radical (unpaired) electrons.